The van der Waals surface area contributed by atoms with Gasteiger partial charge in [0.2, 0.25) is 0 Å². The van der Waals surface area contributed by atoms with E-state index in [0.717, 1.165) is 12.8 Å². The number of nitrogens with zero attached hydrogens (tertiary/aromatic N) is 1. The lowest BCUT2D eigenvalue weighted by Gasteiger charge is -2.17. The normalized spacial score (nSPS) is 14.1. The maximum Gasteiger partial charge on any atom is 0.336 e. The van der Waals surface area contributed by atoms with Gasteiger partial charge in [0, 0.05) is 23.2 Å². The first kappa shape index (κ1) is 12.9. The maximum absolute atomic E-state index is 11.8. The van der Waals surface area contributed by atoms with Crippen LogP contribution in [0.5, 0.6) is 0 Å². The minimum absolute atomic E-state index is 0.127. The summed E-state index contributed by atoms with van der Waals surface area (Å²) in [5, 5.41) is 11.7. The number of amides is 2. The first-order chi connectivity index (χ1) is 8.49. The van der Waals surface area contributed by atoms with Crippen molar-refractivity contribution < 1.29 is 14.7 Å². The summed E-state index contributed by atoms with van der Waals surface area (Å²) < 4.78 is 0.489. The average Bonchev–Trinajstić information content (AvgIpc) is 3.14. The number of anilines is 1. The number of rotatable bonds is 3. The lowest BCUT2D eigenvalue weighted by atomic mass is 10.2. The Balaban J connectivity index is 2.11. The van der Waals surface area contributed by atoms with Crippen molar-refractivity contribution in [1.29, 1.82) is 0 Å². The summed E-state index contributed by atoms with van der Waals surface area (Å²) in [6, 6.07) is 4.81. The van der Waals surface area contributed by atoms with Crippen molar-refractivity contribution in [3.8, 4) is 0 Å². The summed E-state index contributed by atoms with van der Waals surface area (Å²) >= 11 is 3.16. The van der Waals surface area contributed by atoms with Crippen LogP contribution in [0.15, 0.2) is 22.7 Å². The molecule has 0 unspecified atom stereocenters. The second-order valence-corrected chi connectivity index (χ2v) is 5.13. The van der Waals surface area contributed by atoms with E-state index in [1.807, 2.05) is 0 Å². The number of aromatic carboxylic acids is 1. The van der Waals surface area contributed by atoms with E-state index in [2.05, 4.69) is 21.2 Å². The molecule has 0 atom stereocenters. The largest absolute Gasteiger partial charge is 0.478 e. The highest BCUT2D eigenvalue weighted by molar-refractivity contribution is 9.10. The minimum atomic E-state index is -1.03. The molecule has 1 fully saturated rings. The molecule has 1 saturated carbocycles. The van der Waals surface area contributed by atoms with Gasteiger partial charge in [-0.25, -0.2) is 9.59 Å². The molecule has 2 rings (SSSR count). The number of hydrogen-bond acceptors (Lipinski definition) is 2. The fraction of sp³-hybridized carbons (Fsp3) is 0.333. The molecule has 0 spiro atoms. The summed E-state index contributed by atoms with van der Waals surface area (Å²) in [6.45, 7) is 0. The number of carboxylic acids is 1. The van der Waals surface area contributed by atoms with Crippen LogP contribution in [0, 0.1) is 0 Å². The van der Waals surface area contributed by atoms with Gasteiger partial charge < -0.3 is 15.3 Å². The van der Waals surface area contributed by atoms with Crippen LogP contribution >= 0.6 is 15.9 Å². The fourth-order valence-electron chi connectivity index (χ4n) is 1.61. The van der Waals surface area contributed by atoms with Gasteiger partial charge in [0.05, 0.1) is 5.56 Å². The van der Waals surface area contributed by atoms with Gasteiger partial charge in [0.15, 0.2) is 0 Å². The monoisotopic (exact) mass is 312 g/mol. The Morgan fingerprint density at radius 3 is 2.67 bits per heavy atom. The Hall–Kier alpha value is -1.56. The molecule has 1 aliphatic rings. The third-order valence-electron chi connectivity index (χ3n) is 2.86. The van der Waals surface area contributed by atoms with E-state index in [9.17, 15) is 9.59 Å². The zero-order chi connectivity index (χ0) is 13.3. The summed E-state index contributed by atoms with van der Waals surface area (Å²) in [5.41, 5.74) is 0.606. The molecule has 0 saturated heterocycles. The van der Waals surface area contributed by atoms with Crippen molar-refractivity contribution in [2.75, 3.05) is 12.4 Å². The second-order valence-electron chi connectivity index (χ2n) is 4.27. The highest BCUT2D eigenvalue weighted by Gasteiger charge is 2.29. The van der Waals surface area contributed by atoms with Gasteiger partial charge in [0.25, 0.3) is 0 Å². The lowest BCUT2D eigenvalue weighted by molar-refractivity contribution is 0.0696. The number of hydrogen-bond donors (Lipinski definition) is 2. The van der Waals surface area contributed by atoms with Crippen LogP contribution in [0.3, 0.4) is 0 Å². The third kappa shape index (κ3) is 2.81. The molecule has 0 aliphatic heterocycles. The maximum atomic E-state index is 11.8. The Kier molecular flexibility index (Phi) is 3.56. The van der Waals surface area contributed by atoms with Gasteiger partial charge >= 0.3 is 12.0 Å². The van der Waals surface area contributed by atoms with Crippen molar-refractivity contribution in [3.05, 3.63) is 28.2 Å². The molecule has 1 aromatic carbocycles. The van der Waals surface area contributed by atoms with E-state index >= 15 is 0 Å². The molecule has 2 N–H and O–H groups in total. The molecule has 1 aliphatic carbocycles. The van der Waals surface area contributed by atoms with E-state index in [0.29, 0.717) is 16.2 Å². The van der Waals surface area contributed by atoms with Crippen LogP contribution < -0.4 is 5.32 Å². The Morgan fingerprint density at radius 1 is 1.44 bits per heavy atom. The molecule has 18 heavy (non-hydrogen) atoms. The van der Waals surface area contributed by atoms with Crippen molar-refractivity contribution in [2.45, 2.75) is 18.9 Å². The van der Waals surface area contributed by atoms with E-state index in [4.69, 9.17) is 5.11 Å². The summed E-state index contributed by atoms with van der Waals surface area (Å²) in [7, 11) is 1.74. The zero-order valence-electron chi connectivity index (χ0n) is 9.81. The van der Waals surface area contributed by atoms with E-state index in [-0.39, 0.29) is 11.6 Å². The Labute approximate surface area is 113 Å². The van der Waals surface area contributed by atoms with Crippen molar-refractivity contribution in [3.63, 3.8) is 0 Å². The number of carbonyl (C=O) groups excluding carboxylic acids is 1. The quantitative estimate of drug-likeness (QED) is 0.901. The van der Waals surface area contributed by atoms with Crippen molar-refractivity contribution >= 4 is 33.6 Å². The zero-order valence-corrected chi connectivity index (χ0v) is 11.4. The smallest absolute Gasteiger partial charge is 0.336 e. The number of nitrogens with one attached hydrogen (secondary N) is 1. The molecule has 5 nitrogen and oxygen atoms in total. The molecule has 0 heterocycles. The Morgan fingerprint density at radius 2 is 2.11 bits per heavy atom. The van der Waals surface area contributed by atoms with Gasteiger partial charge in [0.1, 0.15) is 0 Å². The van der Waals surface area contributed by atoms with Crippen molar-refractivity contribution in [2.24, 2.45) is 0 Å². The number of carbonyl (C=O) groups is 2. The van der Waals surface area contributed by atoms with Gasteiger partial charge in [-0.3, -0.25) is 0 Å². The summed E-state index contributed by atoms with van der Waals surface area (Å²) in [4.78, 5) is 24.4. The van der Waals surface area contributed by atoms with Gasteiger partial charge in [-0.1, -0.05) is 0 Å². The molecular weight excluding hydrogens is 300 g/mol. The van der Waals surface area contributed by atoms with E-state index < -0.39 is 5.97 Å². The predicted molar refractivity (Wildman–Crippen MR) is 70.9 cm³/mol. The second kappa shape index (κ2) is 4.97. The van der Waals surface area contributed by atoms with E-state index in [1.165, 1.54) is 6.07 Å². The number of halogens is 1. The van der Waals surface area contributed by atoms with E-state index in [1.54, 1.807) is 24.1 Å². The van der Waals surface area contributed by atoms with Crippen LogP contribution in [-0.2, 0) is 0 Å². The summed E-state index contributed by atoms with van der Waals surface area (Å²) in [5.74, 6) is -1.03. The van der Waals surface area contributed by atoms with Crippen molar-refractivity contribution in [1.82, 2.24) is 4.90 Å². The topological polar surface area (TPSA) is 69.6 Å². The third-order valence-corrected chi connectivity index (χ3v) is 3.55. The first-order valence-electron chi connectivity index (χ1n) is 5.55. The number of carboxylic acid groups (broad SMARTS) is 1. The number of urea groups is 1. The molecule has 0 bridgehead atoms. The predicted octanol–water partition coefficient (Wildman–Crippen LogP) is 2.77. The highest BCUT2D eigenvalue weighted by Crippen LogP contribution is 2.26. The van der Waals surface area contributed by atoms with Crippen LogP contribution in [0.2, 0.25) is 0 Å². The van der Waals surface area contributed by atoms with Crippen LogP contribution in [0.25, 0.3) is 0 Å². The van der Waals surface area contributed by atoms with Gasteiger partial charge in [-0.15, -0.1) is 0 Å². The number of benzene rings is 1. The fourth-order valence-corrected chi connectivity index (χ4v) is 2.02. The summed E-state index contributed by atoms with van der Waals surface area (Å²) in [6.07, 6.45) is 2.06. The lowest BCUT2D eigenvalue weighted by Crippen LogP contribution is -2.33. The average molecular weight is 313 g/mol. The Bertz CT molecular complexity index is 500. The SMILES string of the molecule is CN(C(=O)Nc1ccc(Br)c(C(=O)O)c1)C1CC1. The highest BCUT2D eigenvalue weighted by atomic mass is 79.9. The van der Waals surface area contributed by atoms with Crippen LogP contribution in [-0.4, -0.2) is 35.1 Å². The van der Waals surface area contributed by atoms with Gasteiger partial charge in [-0.05, 0) is 47.0 Å². The van der Waals surface area contributed by atoms with Crippen LogP contribution in [0.4, 0.5) is 10.5 Å². The molecule has 6 heteroatoms. The molecule has 0 radical (unpaired) electrons. The standard InChI is InChI=1S/C12H13BrN2O3/c1-15(8-3-4-8)12(18)14-7-2-5-10(13)9(6-7)11(16)17/h2,5-6,8H,3-4H2,1H3,(H,14,18)(H,16,17). The molecular formula is C12H13BrN2O3. The molecule has 0 aromatic heterocycles. The molecule has 1 aromatic rings. The van der Waals surface area contributed by atoms with Gasteiger partial charge in [-0.2, -0.15) is 0 Å². The van der Waals surface area contributed by atoms with Crippen LogP contribution in [0.1, 0.15) is 23.2 Å². The minimum Gasteiger partial charge on any atom is -0.478 e. The first-order valence-corrected chi connectivity index (χ1v) is 6.35. The molecule has 96 valence electrons. The molecule has 2 amide bonds.